The van der Waals surface area contributed by atoms with E-state index in [4.69, 9.17) is 4.74 Å². The molecule has 2 aliphatic rings. The summed E-state index contributed by atoms with van der Waals surface area (Å²) < 4.78 is 7.89. The van der Waals surface area contributed by atoms with E-state index < -0.39 is 0 Å². The molecule has 2 aromatic rings. The van der Waals surface area contributed by atoms with Gasteiger partial charge in [0.2, 0.25) is 0 Å². The zero-order valence-corrected chi connectivity index (χ0v) is 15.1. The Bertz CT molecular complexity index is 724. The van der Waals surface area contributed by atoms with Crippen LogP contribution < -0.4 is 4.90 Å². The molecule has 0 N–H and O–H groups in total. The topological polar surface area (TPSA) is 59.3 Å². The van der Waals surface area contributed by atoms with E-state index in [9.17, 15) is 0 Å². The fourth-order valence-electron chi connectivity index (χ4n) is 3.68. The summed E-state index contributed by atoms with van der Waals surface area (Å²) in [4.78, 5) is 14.1. The van der Waals surface area contributed by atoms with Crippen LogP contribution in [0, 0.1) is 6.92 Å². The van der Waals surface area contributed by atoms with Crippen molar-refractivity contribution >= 4 is 5.82 Å². The van der Waals surface area contributed by atoms with E-state index in [2.05, 4.69) is 37.1 Å². The molecule has 0 bridgehead atoms. The van der Waals surface area contributed by atoms with Gasteiger partial charge in [-0.05, 0) is 19.8 Å². The third-order valence-corrected chi connectivity index (χ3v) is 4.92. The highest BCUT2D eigenvalue weighted by Crippen LogP contribution is 2.26. The predicted octanol–water partition coefficient (Wildman–Crippen LogP) is 1.69. The molecule has 0 unspecified atom stereocenters. The van der Waals surface area contributed by atoms with E-state index in [1.807, 2.05) is 24.9 Å². The standard InChI is InChI=1S/C18H26N6O/c1-14-20-16(9-18(21-14)24-5-3-4-6-24)17-13-23(7-8-25-17)12-15-10-19-22(2)11-15/h9-11,17H,3-8,12-13H2,1-2H3/t17-/m0/s1. The maximum atomic E-state index is 6.04. The fourth-order valence-corrected chi connectivity index (χ4v) is 3.68. The van der Waals surface area contributed by atoms with Gasteiger partial charge in [0.15, 0.2) is 0 Å². The van der Waals surface area contributed by atoms with Crippen LogP contribution in [0.2, 0.25) is 0 Å². The van der Waals surface area contributed by atoms with E-state index in [0.29, 0.717) is 0 Å². The number of anilines is 1. The zero-order chi connectivity index (χ0) is 17.2. The first kappa shape index (κ1) is 16.5. The molecule has 0 aromatic carbocycles. The molecule has 0 aliphatic carbocycles. The van der Waals surface area contributed by atoms with Gasteiger partial charge in [0.1, 0.15) is 17.7 Å². The maximum absolute atomic E-state index is 6.04. The minimum absolute atomic E-state index is 0.00785. The molecular weight excluding hydrogens is 316 g/mol. The molecule has 25 heavy (non-hydrogen) atoms. The van der Waals surface area contributed by atoms with Gasteiger partial charge in [-0.25, -0.2) is 9.97 Å². The summed E-state index contributed by atoms with van der Waals surface area (Å²) in [6.07, 6.45) is 6.51. The van der Waals surface area contributed by atoms with Crippen LogP contribution in [0.15, 0.2) is 18.5 Å². The Labute approximate surface area is 148 Å². The van der Waals surface area contributed by atoms with Gasteiger partial charge in [-0.15, -0.1) is 0 Å². The van der Waals surface area contributed by atoms with Crippen molar-refractivity contribution in [1.29, 1.82) is 0 Å². The molecule has 7 nitrogen and oxygen atoms in total. The van der Waals surface area contributed by atoms with Crippen LogP contribution in [-0.2, 0) is 18.3 Å². The summed E-state index contributed by atoms with van der Waals surface area (Å²) in [6.45, 7) is 7.57. The lowest BCUT2D eigenvalue weighted by Crippen LogP contribution is -2.38. The minimum Gasteiger partial charge on any atom is -0.369 e. The molecule has 1 atom stereocenters. The highest BCUT2D eigenvalue weighted by molar-refractivity contribution is 5.41. The van der Waals surface area contributed by atoms with Crippen LogP contribution >= 0.6 is 0 Å². The van der Waals surface area contributed by atoms with Crippen LogP contribution in [0.4, 0.5) is 5.82 Å². The molecule has 0 amide bonds. The number of hydrogen-bond donors (Lipinski definition) is 0. The quantitative estimate of drug-likeness (QED) is 0.843. The molecule has 0 spiro atoms. The molecule has 7 heteroatoms. The lowest BCUT2D eigenvalue weighted by atomic mass is 10.1. The van der Waals surface area contributed by atoms with Gasteiger partial charge in [-0.3, -0.25) is 9.58 Å². The highest BCUT2D eigenvalue weighted by atomic mass is 16.5. The van der Waals surface area contributed by atoms with E-state index in [1.165, 1.54) is 18.4 Å². The van der Waals surface area contributed by atoms with Gasteiger partial charge < -0.3 is 9.64 Å². The Morgan fingerprint density at radius 2 is 2.04 bits per heavy atom. The number of ether oxygens (including phenoxy) is 1. The van der Waals surface area contributed by atoms with Gasteiger partial charge >= 0.3 is 0 Å². The van der Waals surface area contributed by atoms with Crippen LogP contribution in [0.3, 0.4) is 0 Å². The molecule has 4 heterocycles. The van der Waals surface area contributed by atoms with Crippen molar-refractivity contribution in [2.45, 2.75) is 32.4 Å². The van der Waals surface area contributed by atoms with Crippen molar-refractivity contribution in [1.82, 2.24) is 24.6 Å². The summed E-state index contributed by atoms with van der Waals surface area (Å²) in [5.74, 6) is 1.88. The number of hydrogen-bond acceptors (Lipinski definition) is 6. The van der Waals surface area contributed by atoms with Gasteiger partial charge in [0.05, 0.1) is 18.5 Å². The van der Waals surface area contributed by atoms with Crippen LogP contribution in [0.1, 0.15) is 36.0 Å². The molecule has 0 radical (unpaired) electrons. The second kappa shape index (κ2) is 7.09. The predicted molar refractivity (Wildman–Crippen MR) is 95.4 cm³/mol. The second-order valence-corrected chi connectivity index (χ2v) is 7.01. The molecular formula is C18H26N6O. The summed E-state index contributed by atoms with van der Waals surface area (Å²) in [5, 5.41) is 4.26. The highest BCUT2D eigenvalue weighted by Gasteiger charge is 2.25. The largest absolute Gasteiger partial charge is 0.369 e. The lowest BCUT2D eigenvalue weighted by Gasteiger charge is -2.32. The fraction of sp³-hybridized carbons (Fsp3) is 0.611. The average Bonchev–Trinajstić information content (AvgIpc) is 3.27. The van der Waals surface area contributed by atoms with Crippen molar-refractivity contribution in [2.24, 2.45) is 7.05 Å². The summed E-state index contributed by atoms with van der Waals surface area (Å²) in [7, 11) is 1.95. The molecule has 134 valence electrons. The first-order valence-corrected chi connectivity index (χ1v) is 9.09. The Kier molecular flexibility index (Phi) is 4.67. The molecule has 2 saturated heterocycles. The van der Waals surface area contributed by atoms with Gasteiger partial charge in [-0.1, -0.05) is 0 Å². The van der Waals surface area contributed by atoms with Gasteiger partial charge in [0, 0.05) is 57.6 Å². The third kappa shape index (κ3) is 3.82. The zero-order valence-electron chi connectivity index (χ0n) is 15.1. The SMILES string of the molecule is Cc1nc([C@@H]2CN(Cc3cnn(C)c3)CCO2)cc(N2CCCC2)n1. The number of aromatic nitrogens is 4. The summed E-state index contributed by atoms with van der Waals surface area (Å²) >= 11 is 0. The van der Waals surface area contributed by atoms with E-state index >= 15 is 0 Å². The molecule has 4 rings (SSSR count). The number of morpholine rings is 1. The average molecular weight is 342 g/mol. The normalized spacial score (nSPS) is 21.8. The first-order valence-electron chi connectivity index (χ1n) is 9.09. The number of nitrogens with zero attached hydrogens (tertiary/aromatic N) is 6. The van der Waals surface area contributed by atoms with Crippen molar-refractivity contribution in [3.05, 3.63) is 35.5 Å². The van der Waals surface area contributed by atoms with Crippen LogP contribution in [-0.4, -0.2) is 57.4 Å². The Morgan fingerprint density at radius 3 is 2.80 bits per heavy atom. The molecule has 0 saturated carbocycles. The Balaban J connectivity index is 1.48. The summed E-state index contributed by atoms with van der Waals surface area (Å²) in [5.41, 5.74) is 2.24. The van der Waals surface area contributed by atoms with Crippen molar-refractivity contribution in [3.63, 3.8) is 0 Å². The van der Waals surface area contributed by atoms with E-state index in [1.54, 1.807) is 0 Å². The van der Waals surface area contributed by atoms with Crippen molar-refractivity contribution < 1.29 is 4.74 Å². The molecule has 2 aromatic heterocycles. The molecule has 2 fully saturated rings. The van der Waals surface area contributed by atoms with E-state index in [-0.39, 0.29) is 6.10 Å². The Hall–Kier alpha value is -1.99. The van der Waals surface area contributed by atoms with E-state index in [0.717, 1.165) is 56.7 Å². The van der Waals surface area contributed by atoms with Crippen LogP contribution in [0.5, 0.6) is 0 Å². The van der Waals surface area contributed by atoms with Crippen LogP contribution in [0.25, 0.3) is 0 Å². The monoisotopic (exact) mass is 342 g/mol. The van der Waals surface area contributed by atoms with Crippen molar-refractivity contribution in [3.8, 4) is 0 Å². The smallest absolute Gasteiger partial charge is 0.132 e. The van der Waals surface area contributed by atoms with Gasteiger partial charge in [-0.2, -0.15) is 5.10 Å². The Morgan fingerprint density at radius 1 is 1.20 bits per heavy atom. The third-order valence-electron chi connectivity index (χ3n) is 4.92. The van der Waals surface area contributed by atoms with Gasteiger partial charge in [0.25, 0.3) is 0 Å². The summed E-state index contributed by atoms with van der Waals surface area (Å²) in [6, 6.07) is 2.12. The number of rotatable bonds is 4. The number of aryl methyl sites for hydroxylation is 2. The second-order valence-electron chi connectivity index (χ2n) is 7.01. The minimum atomic E-state index is 0.00785. The maximum Gasteiger partial charge on any atom is 0.132 e. The first-order chi connectivity index (χ1) is 12.2. The van der Waals surface area contributed by atoms with Crippen molar-refractivity contribution in [2.75, 3.05) is 37.7 Å². The molecule has 2 aliphatic heterocycles. The lowest BCUT2D eigenvalue weighted by molar-refractivity contribution is -0.0351.